The van der Waals surface area contributed by atoms with Crippen LogP contribution in [0.25, 0.3) is 5.69 Å². The Labute approximate surface area is 168 Å². The van der Waals surface area contributed by atoms with Crippen LogP contribution in [0.4, 0.5) is 4.39 Å². The molecule has 27 heavy (non-hydrogen) atoms. The Hall–Kier alpha value is -2.25. The second kappa shape index (κ2) is 6.42. The highest BCUT2D eigenvalue weighted by atomic mass is 35.5. The number of halogens is 3. The third-order valence-corrected chi connectivity index (χ3v) is 5.37. The van der Waals surface area contributed by atoms with E-state index in [-0.39, 0.29) is 33.5 Å². The molecular formula is C18H16Cl2FN5O. The van der Waals surface area contributed by atoms with Gasteiger partial charge in [0.15, 0.2) is 11.0 Å². The minimum atomic E-state index is -2.36. The van der Waals surface area contributed by atoms with E-state index in [2.05, 4.69) is 15.1 Å². The Kier molecular flexibility index (Phi) is 3.51. The first-order valence-corrected chi connectivity index (χ1v) is 8.91. The molecule has 3 aromatic rings. The second-order valence-corrected chi connectivity index (χ2v) is 7.30. The van der Waals surface area contributed by atoms with Gasteiger partial charge < -0.3 is 0 Å². The smallest absolute Gasteiger partial charge is 0.276 e. The molecular weight excluding hydrogens is 392 g/mol. The number of hydrogen-bond donors (Lipinski definition) is 0. The lowest BCUT2D eigenvalue weighted by Crippen LogP contribution is -2.26. The van der Waals surface area contributed by atoms with E-state index in [1.807, 2.05) is 0 Å². The van der Waals surface area contributed by atoms with Crippen LogP contribution in [-0.2, 0) is 6.98 Å². The number of aromatic nitrogens is 5. The molecule has 9 heteroatoms. The summed E-state index contributed by atoms with van der Waals surface area (Å²) in [6.45, 7) is 0.830. The number of pyridine rings is 1. The summed E-state index contributed by atoms with van der Waals surface area (Å²) in [7, 11) is 0. The van der Waals surface area contributed by atoms with Gasteiger partial charge in [0.1, 0.15) is 10.8 Å². The van der Waals surface area contributed by atoms with Crippen molar-refractivity contribution >= 4 is 23.2 Å². The Bertz CT molecular complexity index is 1220. The zero-order valence-corrected chi connectivity index (χ0v) is 15.9. The van der Waals surface area contributed by atoms with Crippen molar-refractivity contribution < 1.29 is 8.50 Å². The lowest BCUT2D eigenvalue weighted by atomic mass is 10.1. The van der Waals surface area contributed by atoms with E-state index < -0.39 is 18.4 Å². The summed E-state index contributed by atoms with van der Waals surface area (Å²) in [5, 5.41) is 3.43. The van der Waals surface area contributed by atoms with Crippen molar-refractivity contribution in [3.63, 3.8) is 0 Å². The van der Waals surface area contributed by atoms with Crippen molar-refractivity contribution in [2.75, 3.05) is 0 Å². The molecule has 0 unspecified atom stereocenters. The molecule has 0 spiro atoms. The fourth-order valence-corrected chi connectivity index (χ4v) is 3.75. The highest BCUT2D eigenvalue weighted by Gasteiger charge is 2.43. The average Bonchev–Trinajstić information content (AvgIpc) is 3.29. The van der Waals surface area contributed by atoms with Gasteiger partial charge in [-0.1, -0.05) is 23.2 Å². The summed E-state index contributed by atoms with van der Waals surface area (Å²) < 4.78 is 38.9. The van der Waals surface area contributed by atoms with Gasteiger partial charge in [0.2, 0.25) is 0 Å². The molecule has 0 aromatic carbocycles. The van der Waals surface area contributed by atoms with Crippen molar-refractivity contribution in [1.29, 1.82) is 0 Å². The second-order valence-electron chi connectivity index (χ2n) is 6.56. The van der Waals surface area contributed by atoms with Crippen LogP contribution in [0, 0.1) is 19.7 Å². The zero-order valence-electron chi connectivity index (χ0n) is 17.4. The Morgan fingerprint density at radius 3 is 2.78 bits per heavy atom. The summed E-state index contributed by atoms with van der Waals surface area (Å²) in [5.74, 6) is -0.768. The van der Waals surface area contributed by atoms with Crippen molar-refractivity contribution in [2.45, 2.75) is 32.1 Å². The van der Waals surface area contributed by atoms with Crippen molar-refractivity contribution in [2.24, 2.45) is 6.98 Å². The molecule has 140 valence electrons. The van der Waals surface area contributed by atoms with Crippen LogP contribution in [0.15, 0.2) is 23.4 Å². The zero-order chi connectivity index (χ0) is 22.0. The molecule has 4 rings (SSSR count). The molecule has 1 fully saturated rings. The normalized spacial score (nSPS) is 20.9. The van der Waals surface area contributed by atoms with Gasteiger partial charge in [-0.2, -0.15) is 5.10 Å². The average molecular weight is 411 g/mol. The summed E-state index contributed by atoms with van der Waals surface area (Å²) >= 11 is 12.1. The molecule has 0 radical (unpaired) electrons. The van der Waals surface area contributed by atoms with E-state index in [9.17, 15) is 9.18 Å². The predicted octanol–water partition coefficient (Wildman–Crippen LogP) is 3.69. The van der Waals surface area contributed by atoms with Crippen molar-refractivity contribution in [3.8, 4) is 5.69 Å². The minimum Gasteiger partial charge on any atom is -0.276 e. The van der Waals surface area contributed by atoms with Crippen LogP contribution in [0.1, 0.15) is 45.0 Å². The van der Waals surface area contributed by atoms with E-state index >= 15 is 0 Å². The van der Waals surface area contributed by atoms with E-state index in [0.29, 0.717) is 17.7 Å². The lowest BCUT2D eigenvalue weighted by molar-refractivity contribution is 0.604. The van der Waals surface area contributed by atoms with Crippen LogP contribution in [-0.4, -0.2) is 24.3 Å². The summed E-state index contributed by atoms with van der Waals surface area (Å²) in [5.41, 5.74) is 0.907. The monoisotopic (exact) mass is 410 g/mol. The topological polar surface area (TPSA) is 65.6 Å². The first kappa shape index (κ1) is 14.8. The Balaban J connectivity index is 1.73. The standard InChI is InChI=1S/C18H16Cl2FN5O/c1-8-5-22-17(20)14(21)16(8)26-9(2)24-15(13(19)18(26)27)12-4-11(12)10-6-23-25(3)7-10/h5-7,11-12H,4H2,1-3H3/t11-,12+/m1/s1/i3D3. The molecule has 3 heterocycles. The maximum absolute atomic E-state index is 14.6. The predicted molar refractivity (Wildman–Crippen MR) is 100 cm³/mol. The molecule has 6 nitrogen and oxygen atoms in total. The summed E-state index contributed by atoms with van der Waals surface area (Å²) in [4.78, 5) is 21.2. The Morgan fingerprint density at radius 1 is 1.30 bits per heavy atom. The maximum Gasteiger partial charge on any atom is 0.277 e. The number of hydrogen-bond acceptors (Lipinski definition) is 4. The molecule has 1 saturated carbocycles. The molecule has 1 aliphatic carbocycles. The summed E-state index contributed by atoms with van der Waals surface area (Å²) in [6, 6.07) is 0. The lowest BCUT2D eigenvalue weighted by Gasteiger charge is -2.15. The quantitative estimate of drug-likeness (QED) is 0.617. The van der Waals surface area contributed by atoms with Crippen LogP contribution in [0.3, 0.4) is 0 Å². The molecule has 0 saturated heterocycles. The third-order valence-electron chi connectivity index (χ3n) is 4.75. The first-order chi connectivity index (χ1) is 14.0. The minimum absolute atomic E-state index is 0.0373. The Morgan fingerprint density at radius 2 is 2.07 bits per heavy atom. The van der Waals surface area contributed by atoms with Crippen molar-refractivity contribution in [3.05, 3.63) is 67.6 Å². The largest absolute Gasteiger partial charge is 0.277 e. The molecule has 3 aromatic heterocycles. The summed E-state index contributed by atoms with van der Waals surface area (Å²) in [6.07, 6.45) is 4.98. The number of nitrogens with zero attached hydrogens (tertiary/aromatic N) is 5. The highest BCUT2D eigenvalue weighted by molar-refractivity contribution is 6.31. The number of rotatable bonds is 3. The van der Waals surface area contributed by atoms with Crippen LogP contribution >= 0.6 is 23.2 Å². The first-order valence-electron chi connectivity index (χ1n) is 9.65. The van der Waals surface area contributed by atoms with Gasteiger partial charge in [0.05, 0.1) is 17.6 Å². The van der Waals surface area contributed by atoms with E-state index in [0.717, 1.165) is 14.8 Å². The van der Waals surface area contributed by atoms with E-state index in [4.69, 9.17) is 27.3 Å². The third kappa shape index (κ3) is 2.95. The molecule has 0 aliphatic heterocycles. The maximum atomic E-state index is 14.6. The molecule has 0 N–H and O–H groups in total. The SMILES string of the molecule is [2H]C([2H])([2H])n1cc([C@H]2C[C@@H]2c2nc(C)n(-c3c(C)cnc(Cl)c3F)c(=O)c2Cl)cn1. The van der Waals surface area contributed by atoms with Gasteiger partial charge in [0, 0.05) is 29.4 Å². The van der Waals surface area contributed by atoms with Gasteiger partial charge in [-0.05, 0) is 37.3 Å². The van der Waals surface area contributed by atoms with Crippen LogP contribution in [0.2, 0.25) is 10.2 Å². The van der Waals surface area contributed by atoms with E-state index in [1.165, 1.54) is 18.6 Å². The van der Waals surface area contributed by atoms with Crippen LogP contribution in [0.5, 0.6) is 0 Å². The number of aryl methyl sites for hydroxylation is 3. The van der Waals surface area contributed by atoms with Crippen molar-refractivity contribution in [1.82, 2.24) is 24.3 Å². The van der Waals surface area contributed by atoms with Gasteiger partial charge in [-0.3, -0.25) is 14.0 Å². The van der Waals surface area contributed by atoms with Gasteiger partial charge in [-0.25, -0.2) is 14.4 Å². The van der Waals surface area contributed by atoms with Crippen LogP contribution < -0.4 is 5.56 Å². The van der Waals surface area contributed by atoms with Gasteiger partial charge in [-0.15, -0.1) is 0 Å². The fourth-order valence-electron chi connectivity index (χ4n) is 3.35. The van der Waals surface area contributed by atoms with E-state index in [1.54, 1.807) is 13.8 Å². The molecule has 2 atom stereocenters. The molecule has 0 amide bonds. The van der Waals surface area contributed by atoms with Gasteiger partial charge >= 0.3 is 0 Å². The molecule has 1 aliphatic rings. The fraction of sp³-hybridized carbons (Fsp3) is 0.333. The van der Waals surface area contributed by atoms with Gasteiger partial charge in [0.25, 0.3) is 5.56 Å². The highest BCUT2D eigenvalue weighted by Crippen LogP contribution is 2.55. The molecule has 0 bridgehead atoms.